The van der Waals surface area contributed by atoms with Crippen LogP contribution in [-0.2, 0) is 18.3 Å². The van der Waals surface area contributed by atoms with Crippen LogP contribution < -0.4 is 10.1 Å². The summed E-state index contributed by atoms with van der Waals surface area (Å²) in [5.41, 5.74) is 2.09. The molecular weight excluding hydrogens is 280 g/mol. The van der Waals surface area contributed by atoms with E-state index >= 15 is 0 Å². The minimum atomic E-state index is -0.128. The quantitative estimate of drug-likeness (QED) is 0.801. The summed E-state index contributed by atoms with van der Waals surface area (Å²) in [4.78, 5) is 20.1. The Balaban J connectivity index is 1.78. The van der Waals surface area contributed by atoms with Crippen LogP contribution in [0.15, 0.2) is 42.9 Å². The van der Waals surface area contributed by atoms with Crippen LogP contribution in [0.2, 0.25) is 0 Å². The van der Waals surface area contributed by atoms with Crippen molar-refractivity contribution in [3.8, 4) is 5.88 Å². The number of nitrogens with one attached hydrogen (secondary N) is 1. The number of nitrogens with zero attached hydrogens (tertiary/aromatic N) is 3. The summed E-state index contributed by atoms with van der Waals surface area (Å²) in [6, 6.07) is 9.59. The van der Waals surface area contributed by atoms with Gasteiger partial charge in [0.15, 0.2) is 0 Å². The first kappa shape index (κ1) is 14.1. The van der Waals surface area contributed by atoms with Gasteiger partial charge in [0.1, 0.15) is 12.1 Å². The van der Waals surface area contributed by atoms with Crippen LogP contribution in [0.3, 0.4) is 0 Å². The third-order valence-electron chi connectivity index (χ3n) is 3.45. The number of benzene rings is 1. The lowest BCUT2D eigenvalue weighted by Crippen LogP contribution is -2.15. The average molecular weight is 296 g/mol. The number of para-hydroxylation sites is 1. The number of ether oxygens (including phenoxy) is 1. The zero-order chi connectivity index (χ0) is 15.5. The van der Waals surface area contributed by atoms with Gasteiger partial charge in [-0.2, -0.15) is 0 Å². The molecule has 1 aromatic carbocycles. The first-order valence-corrected chi connectivity index (χ1v) is 6.86. The number of fused-ring (bicyclic) bond motifs is 1. The first-order valence-electron chi connectivity index (χ1n) is 6.86. The maximum absolute atomic E-state index is 12.2. The molecule has 3 aromatic rings. The Labute approximate surface area is 127 Å². The van der Waals surface area contributed by atoms with Gasteiger partial charge in [-0.3, -0.25) is 4.79 Å². The topological polar surface area (TPSA) is 69.0 Å². The van der Waals surface area contributed by atoms with E-state index in [1.807, 2.05) is 42.1 Å². The second-order valence-corrected chi connectivity index (χ2v) is 4.95. The van der Waals surface area contributed by atoms with Gasteiger partial charge in [0.25, 0.3) is 0 Å². The van der Waals surface area contributed by atoms with Crippen LogP contribution >= 0.6 is 0 Å². The van der Waals surface area contributed by atoms with Crippen LogP contribution in [0, 0.1) is 0 Å². The van der Waals surface area contributed by atoms with E-state index in [-0.39, 0.29) is 12.3 Å². The average Bonchev–Trinajstić information content (AvgIpc) is 2.84. The fourth-order valence-corrected chi connectivity index (χ4v) is 2.45. The van der Waals surface area contributed by atoms with Crippen molar-refractivity contribution in [2.45, 2.75) is 6.42 Å². The molecule has 0 saturated carbocycles. The van der Waals surface area contributed by atoms with Gasteiger partial charge in [-0.25, -0.2) is 9.97 Å². The standard InChI is InChI=1S/C16H16N4O2/c1-20-9-11(12-5-3-4-6-13(12)20)7-15(21)19-14-8-16(22-2)18-10-17-14/h3-6,8-10H,7H2,1-2H3,(H,17,18,19,21). The Morgan fingerprint density at radius 1 is 1.32 bits per heavy atom. The van der Waals surface area contributed by atoms with Crippen molar-refractivity contribution in [2.24, 2.45) is 7.05 Å². The Morgan fingerprint density at radius 2 is 2.14 bits per heavy atom. The normalized spacial score (nSPS) is 10.6. The molecule has 0 spiro atoms. The molecule has 0 fully saturated rings. The molecule has 1 amide bonds. The van der Waals surface area contributed by atoms with Crippen LogP contribution in [0.4, 0.5) is 5.82 Å². The van der Waals surface area contributed by atoms with Gasteiger partial charge >= 0.3 is 0 Å². The summed E-state index contributed by atoms with van der Waals surface area (Å²) < 4.78 is 7.03. The van der Waals surface area contributed by atoms with Gasteiger partial charge in [-0.05, 0) is 11.6 Å². The molecule has 6 nitrogen and oxygen atoms in total. The van der Waals surface area contributed by atoms with Gasteiger partial charge in [-0.1, -0.05) is 18.2 Å². The zero-order valence-corrected chi connectivity index (χ0v) is 12.4. The van der Waals surface area contributed by atoms with Gasteiger partial charge < -0.3 is 14.6 Å². The molecule has 0 saturated heterocycles. The van der Waals surface area contributed by atoms with E-state index in [0.29, 0.717) is 11.7 Å². The smallest absolute Gasteiger partial charge is 0.230 e. The van der Waals surface area contributed by atoms with E-state index in [9.17, 15) is 4.79 Å². The van der Waals surface area contributed by atoms with E-state index in [1.165, 1.54) is 13.4 Å². The molecule has 112 valence electrons. The summed E-state index contributed by atoms with van der Waals surface area (Å²) >= 11 is 0. The highest BCUT2D eigenvalue weighted by molar-refractivity contribution is 5.95. The first-order chi connectivity index (χ1) is 10.7. The number of rotatable bonds is 4. The van der Waals surface area contributed by atoms with Crippen LogP contribution in [0.5, 0.6) is 5.88 Å². The Morgan fingerprint density at radius 3 is 2.95 bits per heavy atom. The highest BCUT2D eigenvalue weighted by atomic mass is 16.5. The van der Waals surface area contributed by atoms with Crippen molar-refractivity contribution in [2.75, 3.05) is 12.4 Å². The SMILES string of the molecule is COc1cc(NC(=O)Cc2cn(C)c3ccccc23)ncn1. The van der Waals surface area contributed by atoms with E-state index in [4.69, 9.17) is 4.74 Å². The lowest BCUT2D eigenvalue weighted by Gasteiger charge is -2.05. The van der Waals surface area contributed by atoms with Crippen molar-refractivity contribution >= 4 is 22.6 Å². The molecule has 0 atom stereocenters. The summed E-state index contributed by atoms with van der Waals surface area (Å²) in [7, 11) is 3.49. The van der Waals surface area contributed by atoms with Crippen LogP contribution in [0.1, 0.15) is 5.56 Å². The molecule has 0 bridgehead atoms. The predicted octanol–water partition coefficient (Wildman–Crippen LogP) is 2.16. The summed E-state index contributed by atoms with van der Waals surface area (Å²) in [5, 5.41) is 3.84. The Hall–Kier alpha value is -2.89. The molecule has 22 heavy (non-hydrogen) atoms. The summed E-state index contributed by atoms with van der Waals surface area (Å²) in [6.07, 6.45) is 3.62. The molecule has 0 radical (unpaired) electrons. The van der Waals surface area contributed by atoms with Crippen molar-refractivity contribution < 1.29 is 9.53 Å². The van der Waals surface area contributed by atoms with Crippen molar-refractivity contribution in [3.63, 3.8) is 0 Å². The number of hydrogen-bond donors (Lipinski definition) is 1. The van der Waals surface area contributed by atoms with Crippen LogP contribution in [-0.4, -0.2) is 27.6 Å². The monoisotopic (exact) mass is 296 g/mol. The molecule has 6 heteroatoms. The number of methoxy groups -OCH3 is 1. The zero-order valence-electron chi connectivity index (χ0n) is 12.4. The fourth-order valence-electron chi connectivity index (χ4n) is 2.45. The number of carbonyl (C=O) groups excluding carboxylic acids is 1. The number of hydrogen-bond acceptors (Lipinski definition) is 4. The van der Waals surface area contributed by atoms with E-state index < -0.39 is 0 Å². The van der Waals surface area contributed by atoms with Crippen molar-refractivity contribution in [3.05, 3.63) is 48.4 Å². The molecule has 3 rings (SSSR count). The third kappa shape index (κ3) is 2.76. The molecular formula is C16H16N4O2. The molecule has 0 aliphatic heterocycles. The summed E-state index contributed by atoms with van der Waals surface area (Å²) in [5.74, 6) is 0.713. The van der Waals surface area contributed by atoms with Gasteiger partial charge in [0.05, 0.1) is 13.5 Å². The van der Waals surface area contributed by atoms with E-state index in [2.05, 4.69) is 15.3 Å². The maximum Gasteiger partial charge on any atom is 0.230 e. The van der Waals surface area contributed by atoms with Crippen molar-refractivity contribution in [1.82, 2.24) is 14.5 Å². The Kier molecular flexibility index (Phi) is 3.74. The minimum absolute atomic E-state index is 0.128. The second-order valence-electron chi connectivity index (χ2n) is 4.95. The largest absolute Gasteiger partial charge is 0.481 e. The second kappa shape index (κ2) is 5.85. The minimum Gasteiger partial charge on any atom is -0.481 e. The predicted molar refractivity (Wildman–Crippen MR) is 83.8 cm³/mol. The van der Waals surface area contributed by atoms with E-state index in [1.54, 1.807) is 6.07 Å². The van der Waals surface area contributed by atoms with Crippen molar-refractivity contribution in [1.29, 1.82) is 0 Å². The highest BCUT2D eigenvalue weighted by Gasteiger charge is 2.11. The number of aryl methyl sites for hydroxylation is 1. The molecule has 2 heterocycles. The van der Waals surface area contributed by atoms with E-state index in [0.717, 1.165) is 16.5 Å². The maximum atomic E-state index is 12.2. The van der Waals surface area contributed by atoms with Crippen LogP contribution in [0.25, 0.3) is 10.9 Å². The molecule has 0 unspecified atom stereocenters. The number of carbonyl (C=O) groups is 1. The fraction of sp³-hybridized carbons (Fsp3) is 0.188. The molecule has 2 aromatic heterocycles. The van der Waals surface area contributed by atoms with Gasteiger partial charge in [0, 0.05) is 30.2 Å². The third-order valence-corrected chi connectivity index (χ3v) is 3.45. The van der Waals surface area contributed by atoms with Gasteiger partial charge in [-0.15, -0.1) is 0 Å². The molecule has 0 aliphatic carbocycles. The lowest BCUT2D eigenvalue weighted by atomic mass is 10.1. The molecule has 0 aliphatic rings. The number of amides is 1. The summed E-state index contributed by atoms with van der Waals surface area (Å²) in [6.45, 7) is 0. The highest BCUT2D eigenvalue weighted by Crippen LogP contribution is 2.21. The Bertz CT molecular complexity index is 826. The number of aromatic nitrogens is 3. The number of anilines is 1. The molecule has 1 N–H and O–H groups in total. The van der Waals surface area contributed by atoms with Gasteiger partial charge in [0.2, 0.25) is 11.8 Å². The lowest BCUT2D eigenvalue weighted by molar-refractivity contribution is -0.115.